The van der Waals surface area contributed by atoms with E-state index < -0.39 is 0 Å². The Morgan fingerprint density at radius 1 is 0.356 bits per heavy atom. The zero-order valence-electron chi connectivity index (χ0n) is 32.0. The van der Waals surface area contributed by atoms with E-state index in [0.29, 0.717) is 5.82 Å². The number of rotatable bonds is 8. The molecule has 59 heavy (non-hydrogen) atoms. The van der Waals surface area contributed by atoms with Crippen LogP contribution in [0, 0.1) is 6.07 Å². The molecule has 0 bridgehead atoms. The van der Waals surface area contributed by atoms with E-state index in [9.17, 15) is 0 Å². The third kappa shape index (κ3) is 7.80. The molecule has 3 nitrogen and oxygen atoms in total. The van der Waals surface area contributed by atoms with Gasteiger partial charge in [0, 0.05) is 37.4 Å². The molecule has 2 aromatic heterocycles. The molecule has 1 radical (unpaired) electrons. The van der Waals surface area contributed by atoms with Crippen molar-refractivity contribution in [3.8, 4) is 89.7 Å². The first kappa shape index (κ1) is 37.5. The standard InChI is InChI=1S/C55H36N3.Ir/c1-4-16-38(17-5-1)46-34-47(39-18-6-2-7-19-39)36-48(35-46)42-23-14-24-43(32-42)52-37-53(51-29-13-12-27-49(51)40-20-8-3-9-21-40)58-55(57-52)45-26-15-25-44(33-45)54-50-28-11-10-22-41(50)30-31-56-54;/h1-24,26-37H;/q-1;. The predicted octanol–water partition coefficient (Wildman–Crippen LogP) is 14.2. The normalized spacial score (nSPS) is 10.9. The second kappa shape index (κ2) is 16.8. The van der Waals surface area contributed by atoms with Gasteiger partial charge in [0.25, 0.3) is 0 Å². The largest absolute Gasteiger partial charge is 0.304 e. The molecule has 0 fully saturated rings. The summed E-state index contributed by atoms with van der Waals surface area (Å²) in [6.45, 7) is 0. The van der Waals surface area contributed by atoms with E-state index in [4.69, 9.17) is 15.0 Å². The molecule has 10 aromatic rings. The molecule has 0 saturated heterocycles. The van der Waals surface area contributed by atoms with Crippen molar-refractivity contribution in [1.29, 1.82) is 0 Å². The van der Waals surface area contributed by atoms with Gasteiger partial charge in [-0.2, -0.15) is 0 Å². The average molecular weight is 931 g/mol. The molecule has 4 heteroatoms. The molecule has 0 aliphatic rings. The number of fused-ring (bicyclic) bond motifs is 1. The van der Waals surface area contributed by atoms with Crippen LogP contribution in [-0.2, 0) is 20.1 Å². The maximum Gasteiger partial charge on any atom is 0.142 e. The van der Waals surface area contributed by atoms with Crippen molar-refractivity contribution in [2.75, 3.05) is 0 Å². The SMILES string of the molecule is [Ir].[c-]1ccc(-c2nc(-c3cccc(-c4cc(-c5ccccc5)cc(-c5ccccc5)c4)c3)cc(-c3ccccc3-c3ccccc3)n2)cc1-c1nccc2ccccc12. The zero-order valence-corrected chi connectivity index (χ0v) is 34.4. The van der Waals surface area contributed by atoms with Gasteiger partial charge in [-0.15, -0.1) is 29.8 Å². The van der Waals surface area contributed by atoms with Crippen molar-refractivity contribution in [3.05, 3.63) is 225 Å². The van der Waals surface area contributed by atoms with E-state index in [-0.39, 0.29) is 20.1 Å². The van der Waals surface area contributed by atoms with Gasteiger partial charge in [0.1, 0.15) is 5.82 Å². The summed E-state index contributed by atoms with van der Waals surface area (Å²) in [6, 6.07) is 77.8. The van der Waals surface area contributed by atoms with E-state index >= 15 is 0 Å². The summed E-state index contributed by atoms with van der Waals surface area (Å²) in [7, 11) is 0. The molecule has 0 N–H and O–H groups in total. The van der Waals surface area contributed by atoms with Gasteiger partial charge in [-0.05, 0) is 97.4 Å². The average Bonchev–Trinajstić information content (AvgIpc) is 3.32. The van der Waals surface area contributed by atoms with Crippen LogP contribution >= 0.6 is 0 Å². The first-order chi connectivity index (χ1) is 28.7. The first-order valence-electron chi connectivity index (χ1n) is 19.5. The third-order valence-electron chi connectivity index (χ3n) is 10.6. The van der Waals surface area contributed by atoms with Crippen LogP contribution in [0.5, 0.6) is 0 Å². The minimum absolute atomic E-state index is 0. The Morgan fingerprint density at radius 2 is 0.898 bits per heavy atom. The summed E-state index contributed by atoms with van der Waals surface area (Å²) < 4.78 is 0. The second-order valence-electron chi connectivity index (χ2n) is 14.4. The molecule has 0 spiro atoms. The van der Waals surface area contributed by atoms with Gasteiger partial charge in [-0.25, -0.2) is 9.97 Å². The van der Waals surface area contributed by atoms with Gasteiger partial charge in [0.15, 0.2) is 0 Å². The number of pyridine rings is 1. The summed E-state index contributed by atoms with van der Waals surface area (Å²) in [5.41, 5.74) is 15.6. The topological polar surface area (TPSA) is 38.7 Å². The molecule has 0 atom stereocenters. The van der Waals surface area contributed by atoms with Gasteiger partial charge in [-0.3, -0.25) is 0 Å². The quantitative estimate of drug-likeness (QED) is 0.143. The van der Waals surface area contributed by atoms with E-state index in [1.165, 1.54) is 22.3 Å². The maximum atomic E-state index is 5.32. The first-order valence-corrected chi connectivity index (χ1v) is 19.5. The van der Waals surface area contributed by atoms with E-state index in [1.807, 2.05) is 30.5 Å². The monoisotopic (exact) mass is 931 g/mol. The molecule has 0 saturated carbocycles. The number of benzene rings is 8. The van der Waals surface area contributed by atoms with Crippen LogP contribution in [-0.4, -0.2) is 15.0 Å². The molecular formula is C55H36IrN3-. The fourth-order valence-electron chi connectivity index (χ4n) is 7.76. The Morgan fingerprint density at radius 3 is 1.61 bits per heavy atom. The van der Waals surface area contributed by atoms with Gasteiger partial charge >= 0.3 is 0 Å². The molecule has 0 amide bonds. The van der Waals surface area contributed by atoms with Crippen molar-refractivity contribution in [2.24, 2.45) is 0 Å². The van der Waals surface area contributed by atoms with E-state index in [1.54, 1.807) is 0 Å². The fourth-order valence-corrected chi connectivity index (χ4v) is 7.76. The summed E-state index contributed by atoms with van der Waals surface area (Å²) in [5, 5.41) is 2.21. The fraction of sp³-hybridized carbons (Fsp3) is 0. The number of hydrogen-bond donors (Lipinski definition) is 0. The Bertz CT molecular complexity index is 2990. The Kier molecular flexibility index (Phi) is 10.7. The van der Waals surface area contributed by atoms with E-state index in [2.05, 4.69) is 194 Å². The van der Waals surface area contributed by atoms with Crippen LogP contribution in [0.25, 0.3) is 100 Å². The minimum Gasteiger partial charge on any atom is -0.304 e. The Labute approximate surface area is 358 Å². The molecule has 0 aliphatic carbocycles. The smallest absolute Gasteiger partial charge is 0.142 e. The van der Waals surface area contributed by atoms with Crippen molar-refractivity contribution in [3.63, 3.8) is 0 Å². The summed E-state index contributed by atoms with van der Waals surface area (Å²) in [4.78, 5) is 15.4. The van der Waals surface area contributed by atoms with Crippen molar-refractivity contribution < 1.29 is 20.1 Å². The molecule has 8 aromatic carbocycles. The Hall–Kier alpha value is -7.10. The van der Waals surface area contributed by atoms with E-state index in [0.717, 1.165) is 72.4 Å². The maximum absolute atomic E-state index is 5.32. The summed E-state index contributed by atoms with van der Waals surface area (Å²) in [6.07, 6.45) is 1.86. The molecule has 0 unspecified atom stereocenters. The van der Waals surface area contributed by atoms with Crippen molar-refractivity contribution >= 4 is 10.8 Å². The molecule has 281 valence electrons. The Balaban J connectivity index is 0.00000449. The number of nitrogens with zero attached hydrogens (tertiary/aromatic N) is 3. The van der Waals surface area contributed by atoms with Crippen LogP contribution in [0.2, 0.25) is 0 Å². The molecule has 2 heterocycles. The zero-order chi connectivity index (χ0) is 38.7. The minimum atomic E-state index is 0. The van der Waals surface area contributed by atoms with Crippen LogP contribution < -0.4 is 0 Å². The van der Waals surface area contributed by atoms with Crippen LogP contribution in [0.1, 0.15) is 0 Å². The third-order valence-corrected chi connectivity index (χ3v) is 10.6. The van der Waals surface area contributed by atoms with Crippen LogP contribution in [0.4, 0.5) is 0 Å². The van der Waals surface area contributed by atoms with Gasteiger partial charge in [0.05, 0.1) is 11.4 Å². The number of hydrogen-bond acceptors (Lipinski definition) is 3. The predicted molar refractivity (Wildman–Crippen MR) is 240 cm³/mol. The van der Waals surface area contributed by atoms with Gasteiger partial charge in [-0.1, -0.05) is 163 Å². The summed E-state index contributed by atoms with van der Waals surface area (Å²) in [5.74, 6) is 0.633. The summed E-state index contributed by atoms with van der Waals surface area (Å²) >= 11 is 0. The second-order valence-corrected chi connectivity index (χ2v) is 14.4. The van der Waals surface area contributed by atoms with Crippen molar-refractivity contribution in [1.82, 2.24) is 15.0 Å². The molecule has 0 aliphatic heterocycles. The van der Waals surface area contributed by atoms with Gasteiger partial charge in [0.2, 0.25) is 0 Å². The van der Waals surface area contributed by atoms with Crippen molar-refractivity contribution in [2.45, 2.75) is 0 Å². The number of aromatic nitrogens is 3. The van der Waals surface area contributed by atoms with Gasteiger partial charge < -0.3 is 4.98 Å². The molecular weight excluding hydrogens is 895 g/mol. The molecule has 10 rings (SSSR count). The van der Waals surface area contributed by atoms with Crippen LogP contribution in [0.15, 0.2) is 219 Å². The van der Waals surface area contributed by atoms with Crippen LogP contribution in [0.3, 0.4) is 0 Å².